The van der Waals surface area contributed by atoms with Crippen LogP contribution in [0.25, 0.3) is 22.4 Å². The molecular formula is C30H26ClN7O3. The molecular weight excluding hydrogens is 542 g/mol. The van der Waals surface area contributed by atoms with Crippen LogP contribution < -0.4 is 21.9 Å². The lowest BCUT2D eigenvalue weighted by atomic mass is 10.0. The Morgan fingerprint density at radius 1 is 1.02 bits per heavy atom. The van der Waals surface area contributed by atoms with Gasteiger partial charge in [-0.05, 0) is 47.5 Å². The van der Waals surface area contributed by atoms with Gasteiger partial charge < -0.3 is 25.7 Å². The maximum absolute atomic E-state index is 13.5. The third kappa shape index (κ3) is 6.45. The predicted molar refractivity (Wildman–Crippen MR) is 161 cm³/mol. The van der Waals surface area contributed by atoms with Crippen LogP contribution in [0.2, 0.25) is 5.02 Å². The van der Waals surface area contributed by atoms with E-state index in [4.69, 9.17) is 32.8 Å². The fourth-order valence-electron chi connectivity index (χ4n) is 4.62. The van der Waals surface area contributed by atoms with E-state index in [1.165, 1.54) is 6.07 Å². The molecule has 41 heavy (non-hydrogen) atoms. The van der Waals surface area contributed by atoms with Crippen LogP contribution in [0, 0.1) is 5.41 Å². The SMILES string of the molecule is N=C(N)Nc1ccc(Cl)cc1-c1ccn(C(Cc2nc(-c3ccc(NC(=O)O)cc3)c[nH]2)c2ccccc2)c(=O)c1. The Morgan fingerprint density at radius 3 is 2.46 bits per heavy atom. The molecule has 1 amide bonds. The number of nitrogens with zero attached hydrogens (tertiary/aromatic N) is 2. The summed E-state index contributed by atoms with van der Waals surface area (Å²) >= 11 is 6.24. The Morgan fingerprint density at radius 2 is 1.78 bits per heavy atom. The van der Waals surface area contributed by atoms with Crippen molar-refractivity contribution < 1.29 is 9.90 Å². The normalized spacial score (nSPS) is 11.5. The first-order valence-electron chi connectivity index (χ1n) is 12.6. The van der Waals surface area contributed by atoms with Gasteiger partial charge in [0, 0.05) is 52.4 Å². The second kappa shape index (κ2) is 11.8. The summed E-state index contributed by atoms with van der Waals surface area (Å²) in [6.45, 7) is 0. The van der Waals surface area contributed by atoms with E-state index in [2.05, 4.69) is 15.6 Å². The van der Waals surface area contributed by atoms with E-state index in [9.17, 15) is 9.59 Å². The van der Waals surface area contributed by atoms with E-state index in [0.717, 1.165) is 11.1 Å². The average Bonchev–Trinajstić information content (AvgIpc) is 3.42. The zero-order valence-electron chi connectivity index (χ0n) is 21.6. The molecule has 11 heteroatoms. The minimum Gasteiger partial charge on any atom is -0.465 e. The minimum absolute atomic E-state index is 0.224. The molecule has 0 aliphatic rings. The van der Waals surface area contributed by atoms with Crippen LogP contribution in [0.15, 0.2) is 102 Å². The largest absolute Gasteiger partial charge is 0.465 e. The fourth-order valence-corrected chi connectivity index (χ4v) is 4.79. The van der Waals surface area contributed by atoms with Gasteiger partial charge in [-0.2, -0.15) is 0 Å². The number of imidazole rings is 1. The van der Waals surface area contributed by atoms with Gasteiger partial charge in [-0.15, -0.1) is 0 Å². The van der Waals surface area contributed by atoms with Gasteiger partial charge in [0.15, 0.2) is 5.96 Å². The average molecular weight is 568 g/mol. The summed E-state index contributed by atoms with van der Waals surface area (Å²) in [5, 5.41) is 22.1. The highest BCUT2D eigenvalue weighted by molar-refractivity contribution is 6.31. The summed E-state index contributed by atoms with van der Waals surface area (Å²) in [5.74, 6) is 0.456. The summed E-state index contributed by atoms with van der Waals surface area (Å²) in [5.41, 5.74) is 10.1. The van der Waals surface area contributed by atoms with Gasteiger partial charge in [0.25, 0.3) is 5.56 Å². The van der Waals surface area contributed by atoms with Crippen LogP contribution in [0.4, 0.5) is 16.2 Å². The second-order valence-electron chi connectivity index (χ2n) is 9.26. The number of aromatic amines is 1. The molecule has 0 spiro atoms. The number of guanidine groups is 1. The second-order valence-corrected chi connectivity index (χ2v) is 9.70. The molecule has 0 bridgehead atoms. The molecule has 10 nitrogen and oxygen atoms in total. The Kier molecular flexibility index (Phi) is 7.84. The minimum atomic E-state index is -1.13. The summed E-state index contributed by atoms with van der Waals surface area (Å²) < 4.78 is 1.66. The molecule has 0 aliphatic heterocycles. The van der Waals surface area contributed by atoms with Crippen molar-refractivity contribution in [3.05, 3.63) is 124 Å². The number of carbonyl (C=O) groups is 1. The smallest absolute Gasteiger partial charge is 0.409 e. The van der Waals surface area contributed by atoms with E-state index < -0.39 is 6.09 Å². The van der Waals surface area contributed by atoms with E-state index in [0.29, 0.717) is 45.5 Å². The van der Waals surface area contributed by atoms with Gasteiger partial charge in [0.05, 0.1) is 11.7 Å². The first kappa shape index (κ1) is 27.2. The number of hydrogen-bond donors (Lipinski definition) is 6. The van der Waals surface area contributed by atoms with Gasteiger partial charge in [0.2, 0.25) is 0 Å². The Bertz CT molecular complexity index is 1770. The molecule has 7 N–H and O–H groups in total. The van der Waals surface area contributed by atoms with Crippen molar-refractivity contribution in [2.45, 2.75) is 12.5 Å². The molecule has 0 saturated heterocycles. The van der Waals surface area contributed by atoms with Crippen molar-refractivity contribution in [3.8, 4) is 22.4 Å². The number of aromatic nitrogens is 3. The molecule has 0 fully saturated rings. The highest BCUT2D eigenvalue weighted by atomic mass is 35.5. The monoisotopic (exact) mass is 567 g/mol. The molecule has 3 aromatic carbocycles. The lowest BCUT2D eigenvalue weighted by Gasteiger charge is -2.20. The highest BCUT2D eigenvalue weighted by Crippen LogP contribution is 2.31. The van der Waals surface area contributed by atoms with Gasteiger partial charge in [-0.1, -0.05) is 54.1 Å². The Hall–Kier alpha value is -5.35. The summed E-state index contributed by atoms with van der Waals surface area (Å²) in [7, 11) is 0. The van der Waals surface area contributed by atoms with Crippen molar-refractivity contribution in [1.29, 1.82) is 5.41 Å². The summed E-state index contributed by atoms with van der Waals surface area (Å²) in [6.07, 6.45) is 2.81. The number of anilines is 2. The Balaban J connectivity index is 1.46. The van der Waals surface area contributed by atoms with Gasteiger partial charge >= 0.3 is 6.09 Å². The number of rotatable bonds is 8. The maximum atomic E-state index is 13.5. The number of halogens is 1. The van der Waals surface area contributed by atoms with E-state index in [1.807, 2.05) is 36.4 Å². The molecule has 0 aliphatic carbocycles. The maximum Gasteiger partial charge on any atom is 0.409 e. The quantitative estimate of drug-likeness (QED) is 0.103. The zero-order chi connectivity index (χ0) is 28.9. The molecule has 2 heterocycles. The van der Waals surface area contributed by atoms with Gasteiger partial charge in [-0.25, -0.2) is 9.78 Å². The van der Waals surface area contributed by atoms with Crippen LogP contribution in [-0.2, 0) is 6.42 Å². The van der Waals surface area contributed by atoms with Crippen LogP contribution in [-0.4, -0.2) is 31.7 Å². The zero-order valence-corrected chi connectivity index (χ0v) is 22.4. The molecule has 1 atom stereocenters. The van der Waals surface area contributed by atoms with Crippen LogP contribution in [0.1, 0.15) is 17.4 Å². The number of benzene rings is 3. The lowest BCUT2D eigenvalue weighted by Crippen LogP contribution is -2.26. The number of nitrogens with one attached hydrogen (secondary N) is 4. The first-order valence-corrected chi connectivity index (χ1v) is 13.0. The van der Waals surface area contributed by atoms with Gasteiger partial charge in [-0.3, -0.25) is 15.5 Å². The van der Waals surface area contributed by atoms with Crippen LogP contribution >= 0.6 is 11.6 Å². The number of pyridine rings is 1. The topological polar surface area (TPSA) is 162 Å². The number of nitrogens with two attached hydrogens (primary N) is 1. The van der Waals surface area contributed by atoms with Crippen molar-refractivity contribution in [2.75, 3.05) is 10.6 Å². The number of hydrogen-bond acceptors (Lipinski definition) is 4. The molecule has 206 valence electrons. The first-order chi connectivity index (χ1) is 19.8. The Labute approximate surface area is 240 Å². The summed E-state index contributed by atoms with van der Waals surface area (Å²) in [4.78, 5) is 32.4. The van der Waals surface area contributed by atoms with Crippen LogP contribution in [0.5, 0.6) is 0 Å². The third-order valence-electron chi connectivity index (χ3n) is 6.48. The molecule has 2 aromatic heterocycles. The van der Waals surface area contributed by atoms with E-state index in [1.54, 1.807) is 59.4 Å². The van der Waals surface area contributed by atoms with Crippen molar-refractivity contribution >= 4 is 35.0 Å². The van der Waals surface area contributed by atoms with Gasteiger partial charge in [0.1, 0.15) is 5.82 Å². The molecule has 1 unspecified atom stereocenters. The standard InChI is InChI=1S/C30H26ClN7O3/c31-21-8-11-24(37-29(32)33)23(15-21)20-12-13-38(28(39)14-20)26(19-4-2-1-3-5-19)16-27-34-17-25(36-27)18-6-9-22(10-7-18)35-30(40)41/h1-15,17,26,35H,16H2,(H,34,36)(H,40,41)(H4,32,33,37). The van der Waals surface area contributed by atoms with E-state index in [-0.39, 0.29) is 17.6 Å². The van der Waals surface area contributed by atoms with Crippen molar-refractivity contribution in [1.82, 2.24) is 14.5 Å². The van der Waals surface area contributed by atoms with E-state index >= 15 is 0 Å². The molecule has 5 rings (SSSR count). The molecule has 0 radical (unpaired) electrons. The molecule has 0 saturated carbocycles. The highest BCUT2D eigenvalue weighted by Gasteiger charge is 2.19. The number of carboxylic acid groups (broad SMARTS) is 1. The fraction of sp³-hybridized carbons (Fsp3) is 0.0667. The van der Waals surface area contributed by atoms with Crippen molar-refractivity contribution in [3.63, 3.8) is 0 Å². The summed E-state index contributed by atoms with van der Waals surface area (Å²) in [6, 6.07) is 24.7. The third-order valence-corrected chi connectivity index (χ3v) is 6.71. The molecule has 5 aromatic rings. The van der Waals surface area contributed by atoms with Crippen molar-refractivity contribution in [2.24, 2.45) is 5.73 Å². The lowest BCUT2D eigenvalue weighted by molar-refractivity contribution is 0.209. The predicted octanol–water partition coefficient (Wildman–Crippen LogP) is 5.79. The van der Waals surface area contributed by atoms with Crippen LogP contribution in [0.3, 0.4) is 0 Å². The number of amides is 1. The number of H-pyrrole nitrogens is 1.